The summed E-state index contributed by atoms with van der Waals surface area (Å²) in [4.78, 5) is 9.38. The maximum absolute atomic E-state index is 7.10. The van der Waals surface area contributed by atoms with E-state index >= 15 is 0 Å². The number of aromatic nitrogens is 2. The molecule has 0 saturated carbocycles. The third kappa shape index (κ3) is 9.32. The second kappa shape index (κ2) is 17.9. The number of anilines is 2. The molecule has 5 nitrogen and oxygen atoms in total. The smallest absolute Gasteiger partial charge is 0.135 e. The Kier molecular flexibility index (Phi) is 12.8. The van der Waals surface area contributed by atoms with Crippen LogP contribution in [0.3, 0.4) is 0 Å². The molecule has 0 aliphatic carbocycles. The molecule has 0 atom stereocenters. The summed E-state index contributed by atoms with van der Waals surface area (Å²) in [7, 11) is 0. The molecule has 2 aromatic heterocycles. The molecule has 6 aromatic carbocycles. The van der Waals surface area contributed by atoms with E-state index in [2.05, 4.69) is 269 Å². The van der Waals surface area contributed by atoms with Gasteiger partial charge < -0.3 is 19.1 Å². The van der Waals surface area contributed by atoms with E-state index < -0.39 is 5.41 Å². The SMILES string of the molecule is CC(C)(C)c1cc(Oc2[c-]c3c(c(C(C)(C)c4ccccc4)c2)c2ccccc2n3-c2cc(C(C)(C)C)ccn2)[c-]c(N2C=CN(c3cc(C(C)(C)C)cc(C(C)(C)c4ccccc4)c3)[CH-]2)c1.[Pt]. The Balaban J connectivity index is 0.00000625. The summed E-state index contributed by atoms with van der Waals surface area (Å²) in [6.45, 7) is 31.7. The van der Waals surface area contributed by atoms with Crippen LogP contribution in [0.2, 0.25) is 0 Å². The van der Waals surface area contributed by atoms with Crippen LogP contribution in [-0.2, 0) is 48.1 Å². The van der Waals surface area contributed by atoms with E-state index in [-0.39, 0.29) is 42.7 Å². The summed E-state index contributed by atoms with van der Waals surface area (Å²) in [5.74, 6) is 2.09. The van der Waals surface area contributed by atoms with Crippen molar-refractivity contribution in [3.63, 3.8) is 0 Å². The van der Waals surface area contributed by atoms with Gasteiger partial charge in [0.05, 0.1) is 0 Å². The Labute approximate surface area is 420 Å². The number of para-hydroxylation sites is 1. The van der Waals surface area contributed by atoms with Gasteiger partial charge in [-0.05, 0) is 97.6 Å². The van der Waals surface area contributed by atoms with Gasteiger partial charge in [0.15, 0.2) is 0 Å². The van der Waals surface area contributed by atoms with Crippen LogP contribution >= 0.6 is 0 Å². The minimum Gasteiger partial charge on any atom is -0.509 e. The van der Waals surface area contributed by atoms with Crippen molar-refractivity contribution < 1.29 is 25.8 Å². The summed E-state index contributed by atoms with van der Waals surface area (Å²) in [5, 5.41) is 2.28. The molecule has 68 heavy (non-hydrogen) atoms. The summed E-state index contributed by atoms with van der Waals surface area (Å²) in [6, 6.07) is 55.7. The van der Waals surface area contributed by atoms with Crippen molar-refractivity contribution in [2.45, 2.75) is 117 Å². The monoisotopic (exact) mass is 1080 g/mol. The Morgan fingerprint density at radius 1 is 0.500 bits per heavy atom. The van der Waals surface area contributed by atoms with Gasteiger partial charge in [-0.3, -0.25) is 0 Å². The van der Waals surface area contributed by atoms with Crippen LogP contribution in [0.15, 0.2) is 152 Å². The average molecular weight is 1080 g/mol. The summed E-state index contributed by atoms with van der Waals surface area (Å²) < 4.78 is 9.36. The molecule has 0 saturated heterocycles. The molecule has 0 radical (unpaired) electrons. The number of ether oxygens (including phenoxy) is 1. The molecule has 0 N–H and O–H groups in total. The Morgan fingerprint density at radius 2 is 1.06 bits per heavy atom. The summed E-state index contributed by atoms with van der Waals surface area (Å²) in [5.41, 5.74) is 11.7. The first kappa shape index (κ1) is 48.6. The number of hydrogen-bond donors (Lipinski definition) is 0. The molecule has 0 bridgehead atoms. The minimum atomic E-state index is -0.399. The van der Waals surface area contributed by atoms with Crippen LogP contribution in [0.1, 0.15) is 129 Å². The van der Waals surface area contributed by atoms with Gasteiger partial charge in [0, 0.05) is 55.4 Å². The van der Waals surface area contributed by atoms with E-state index in [1.165, 1.54) is 27.8 Å². The molecule has 9 rings (SSSR count). The largest absolute Gasteiger partial charge is 0.509 e. The first-order valence-electron chi connectivity index (χ1n) is 23.7. The van der Waals surface area contributed by atoms with Crippen LogP contribution in [0.4, 0.5) is 11.4 Å². The van der Waals surface area contributed by atoms with Gasteiger partial charge in [-0.1, -0.05) is 186 Å². The van der Waals surface area contributed by atoms with Crippen molar-refractivity contribution >= 4 is 33.2 Å². The van der Waals surface area contributed by atoms with E-state index in [9.17, 15) is 0 Å². The Hall–Kier alpha value is -5.90. The van der Waals surface area contributed by atoms with Crippen LogP contribution < -0.4 is 14.5 Å². The molecule has 8 aromatic rings. The number of benzene rings is 6. The molecule has 0 spiro atoms. The third-order valence-electron chi connectivity index (χ3n) is 13.8. The fraction of sp³-hybridized carbons (Fsp3) is 0.290. The predicted molar refractivity (Wildman–Crippen MR) is 281 cm³/mol. The molecule has 0 amide bonds. The maximum atomic E-state index is 7.10. The first-order chi connectivity index (χ1) is 31.6. The van der Waals surface area contributed by atoms with Crippen LogP contribution in [-0.4, -0.2) is 9.55 Å². The molecule has 1 aliphatic rings. The Bertz CT molecular complexity index is 3140. The molecule has 0 fully saturated rings. The minimum absolute atomic E-state index is 0. The van der Waals surface area contributed by atoms with E-state index in [1.54, 1.807) is 0 Å². The molecule has 3 heterocycles. The second-order valence-electron chi connectivity index (χ2n) is 22.5. The zero-order chi connectivity index (χ0) is 47.7. The van der Waals surface area contributed by atoms with E-state index in [0.717, 1.165) is 50.1 Å². The quantitative estimate of drug-likeness (QED) is 0.135. The van der Waals surface area contributed by atoms with Crippen molar-refractivity contribution in [3.8, 4) is 17.3 Å². The van der Waals surface area contributed by atoms with E-state index in [0.29, 0.717) is 11.5 Å². The van der Waals surface area contributed by atoms with Gasteiger partial charge in [0.1, 0.15) is 5.82 Å². The predicted octanol–water partition coefficient (Wildman–Crippen LogP) is 16.0. The molecular weight excluding hydrogens is 1010 g/mol. The average Bonchev–Trinajstić information content (AvgIpc) is 3.92. The van der Waals surface area contributed by atoms with Gasteiger partial charge in [0.2, 0.25) is 0 Å². The topological polar surface area (TPSA) is 33.5 Å². The molecule has 6 heteroatoms. The van der Waals surface area contributed by atoms with Crippen molar-refractivity contribution in [3.05, 3.63) is 210 Å². The normalized spacial score (nSPS) is 13.7. The standard InChI is InChI=1S/C62H65N4O.Pt/c1-58(2,3)44-28-29-63-56(37-44)66-54-27-21-20-26-52(54)57-53(62(12,13)43-24-18-15-19-25-43)39-51(40-55(57)66)67-50-36-46(60(7,8)9)34-49(38-50)65-31-30-64(41-65)48-33-45(59(4,5)6)32-47(35-48)61(10,11)42-22-16-14-17-23-42;/h14-37,39,41H,1-13H3;/q-3;. The number of nitrogens with zero attached hydrogens (tertiary/aromatic N) is 4. The number of rotatable bonds is 9. The molecular formula is C62H65N4OPt-3. The number of hydrogen-bond acceptors (Lipinski definition) is 4. The molecule has 1 aliphatic heterocycles. The van der Waals surface area contributed by atoms with Gasteiger partial charge in [-0.15, -0.1) is 53.8 Å². The van der Waals surface area contributed by atoms with Gasteiger partial charge >= 0.3 is 0 Å². The zero-order valence-electron chi connectivity index (χ0n) is 42.0. The van der Waals surface area contributed by atoms with Gasteiger partial charge in [0.25, 0.3) is 0 Å². The van der Waals surface area contributed by atoms with E-state index in [4.69, 9.17) is 9.72 Å². The molecule has 0 unspecified atom stereocenters. The van der Waals surface area contributed by atoms with Crippen molar-refractivity contribution in [1.82, 2.24) is 9.55 Å². The van der Waals surface area contributed by atoms with E-state index in [1.807, 2.05) is 6.20 Å². The van der Waals surface area contributed by atoms with Gasteiger partial charge in [-0.2, -0.15) is 0 Å². The van der Waals surface area contributed by atoms with Gasteiger partial charge in [-0.25, -0.2) is 4.98 Å². The van der Waals surface area contributed by atoms with Crippen molar-refractivity contribution in [2.75, 3.05) is 9.80 Å². The summed E-state index contributed by atoms with van der Waals surface area (Å²) >= 11 is 0. The van der Waals surface area contributed by atoms with Crippen molar-refractivity contribution in [2.24, 2.45) is 0 Å². The zero-order valence-corrected chi connectivity index (χ0v) is 44.3. The maximum Gasteiger partial charge on any atom is 0.135 e. The Morgan fingerprint density at radius 3 is 1.71 bits per heavy atom. The first-order valence-corrected chi connectivity index (χ1v) is 23.7. The third-order valence-corrected chi connectivity index (χ3v) is 13.8. The summed E-state index contributed by atoms with van der Waals surface area (Å²) in [6.07, 6.45) is 6.18. The fourth-order valence-electron chi connectivity index (χ4n) is 9.29. The second-order valence-corrected chi connectivity index (χ2v) is 22.5. The van der Waals surface area contributed by atoms with Crippen LogP contribution in [0.25, 0.3) is 27.6 Å². The number of pyridine rings is 1. The van der Waals surface area contributed by atoms with Crippen LogP contribution in [0.5, 0.6) is 11.5 Å². The number of fused-ring (bicyclic) bond motifs is 3. The van der Waals surface area contributed by atoms with Crippen molar-refractivity contribution in [1.29, 1.82) is 0 Å². The fourth-order valence-corrected chi connectivity index (χ4v) is 9.29. The molecule has 352 valence electrons. The van der Waals surface area contributed by atoms with Crippen LogP contribution in [0, 0.1) is 18.8 Å².